The largest absolute Gasteiger partial charge is 0.472 e. The van der Waals surface area contributed by atoms with Crippen LogP contribution in [0, 0.1) is 17.3 Å². The van der Waals surface area contributed by atoms with E-state index in [1.165, 1.54) is 31.4 Å². The number of hydrogen-bond acceptors (Lipinski definition) is 15. The molecule has 2 saturated carbocycles. The molecule has 5 rings (SSSR count). The summed E-state index contributed by atoms with van der Waals surface area (Å²) in [7, 11) is 0. The van der Waals surface area contributed by atoms with Crippen LogP contribution in [0.3, 0.4) is 0 Å². The lowest BCUT2D eigenvalue weighted by atomic mass is 9.45. The van der Waals surface area contributed by atoms with Gasteiger partial charge >= 0.3 is 35.8 Å². The van der Waals surface area contributed by atoms with E-state index in [2.05, 4.69) is 0 Å². The van der Waals surface area contributed by atoms with Gasteiger partial charge in [-0.05, 0) is 39.0 Å². The Morgan fingerprint density at radius 2 is 1.38 bits per heavy atom. The number of hydrogen-bond donors (Lipinski definition) is 1. The molecule has 52 heavy (non-hydrogen) atoms. The Kier molecular flexibility index (Phi) is 10.4. The van der Waals surface area contributed by atoms with Crippen molar-refractivity contribution in [1.29, 1.82) is 0 Å². The van der Waals surface area contributed by atoms with Gasteiger partial charge in [-0.2, -0.15) is 0 Å². The number of esters is 6. The fourth-order valence-electron chi connectivity index (χ4n) is 8.33. The highest BCUT2D eigenvalue weighted by Gasteiger charge is 2.89. The number of carbonyl (C=O) groups excluding carboxylic acids is 6. The molecule has 1 spiro atoms. The molecule has 1 aliphatic heterocycles. The average molecular weight is 729 g/mol. The smallest absolute Gasteiger partial charge is 0.341 e. The molecule has 9 atom stereocenters. The monoisotopic (exact) mass is 728 g/mol. The summed E-state index contributed by atoms with van der Waals surface area (Å²) in [5.74, 6) is -7.13. The van der Waals surface area contributed by atoms with Crippen molar-refractivity contribution >= 4 is 35.8 Å². The Balaban J connectivity index is 1.91. The van der Waals surface area contributed by atoms with Gasteiger partial charge in [-0.15, -0.1) is 0 Å². The van der Waals surface area contributed by atoms with Gasteiger partial charge in [0.1, 0.15) is 36.6 Å². The second-order valence-corrected chi connectivity index (χ2v) is 14.5. The summed E-state index contributed by atoms with van der Waals surface area (Å²) in [5.41, 5.74) is -8.26. The Hall–Kier alpha value is -4.76. The zero-order valence-electron chi connectivity index (χ0n) is 30.2. The van der Waals surface area contributed by atoms with Gasteiger partial charge < -0.3 is 42.7 Å². The van der Waals surface area contributed by atoms with Crippen molar-refractivity contribution in [1.82, 2.24) is 0 Å². The van der Waals surface area contributed by atoms with Gasteiger partial charge in [-0.25, -0.2) is 9.59 Å². The maximum atomic E-state index is 14.2. The zero-order valence-corrected chi connectivity index (χ0v) is 30.2. The maximum absolute atomic E-state index is 14.2. The Bertz CT molecular complexity index is 1700. The molecule has 1 saturated heterocycles. The van der Waals surface area contributed by atoms with Gasteiger partial charge in [0.05, 0.1) is 40.4 Å². The molecular weight excluding hydrogens is 684 g/mol. The van der Waals surface area contributed by atoms with Crippen molar-refractivity contribution in [3.63, 3.8) is 0 Å². The van der Waals surface area contributed by atoms with Crippen LogP contribution in [0.2, 0.25) is 0 Å². The summed E-state index contributed by atoms with van der Waals surface area (Å²) in [6, 6.07) is 9.13. The minimum Gasteiger partial charge on any atom is -0.472 e. The number of benzene rings is 1. The van der Waals surface area contributed by atoms with Gasteiger partial charge in [0.15, 0.2) is 17.8 Å². The second-order valence-electron chi connectivity index (χ2n) is 14.5. The first-order chi connectivity index (χ1) is 24.3. The van der Waals surface area contributed by atoms with Crippen LogP contribution in [0.1, 0.15) is 82.5 Å². The van der Waals surface area contributed by atoms with Gasteiger partial charge in [-0.3, -0.25) is 19.2 Å². The lowest BCUT2D eigenvalue weighted by Gasteiger charge is -2.66. The maximum Gasteiger partial charge on any atom is 0.341 e. The first kappa shape index (κ1) is 38.5. The van der Waals surface area contributed by atoms with E-state index in [0.717, 1.165) is 27.0 Å². The van der Waals surface area contributed by atoms with Crippen LogP contribution in [0.25, 0.3) is 0 Å². The summed E-state index contributed by atoms with van der Waals surface area (Å²) in [5, 5.41) is 12.8. The minimum absolute atomic E-state index is 0.0315. The summed E-state index contributed by atoms with van der Waals surface area (Å²) in [6.07, 6.45) is -6.32. The fourth-order valence-corrected chi connectivity index (χ4v) is 8.33. The van der Waals surface area contributed by atoms with Gasteiger partial charge in [0, 0.05) is 27.2 Å². The van der Waals surface area contributed by atoms with E-state index >= 15 is 0 Å². The zero-order chi connectivity index (χ0) is 38.4. The Labute approximate surface area is 300 Å². The number of ether oxygens (including phenoxy) is 7. The van der Waals surface area contributed by atoms with E-state index in [1.807, 2.05) is 0 Å². The molecule has 282 valence electrons. The van der Waals surface area contributed by atoms with Crippen molar-refractivity contribution in [3.8, 4) is 0 Å². The van der Waals surface area contributed by atoms with Crippen LogP contribution in [0.4, 0.5) is 0 Å². The predicted molar refractivity (Wildman–Crippen MR) is 175 cm³/mol. The van der Waals surface area contributed by atoms with Crippen molar-refractivity contribution in [3.05, 3.63) is 60.1 Å². The van der Waals surface area contributed by atoms with Crippen LogP contribution < -0.4 is 0 Å². The number of rotatable bonds is 10. The van der Waals surface area contributed by atoms with E-state index in [0.29, 0.717) is 0 Å². The fraction of sp³-hybridized carbons (Fsp3) is 0.568. The third-order valence-electron chi connectivity index (χ3n) is 10.1. The van der Waals surface area contributed by atoms with Crippen LogP contribution >= 0.6 is 0 Å². The minimum atomic E-state index is -2.33. The highest BCUT2D eigenvalue weighted by Crippen LogP contribution is 2.69. The molecule has 2 bridgehead atoms. The number of carbonyl (C=O) groups is 6. The topological polar surface area (TPSA) is 200 Å². The first-order valence-corrected chi connectivity index (χ1v) is 16.9. The summed E-state index contributed by atoms with van der Waals surface area (Å²) in [6.45, 7) is 10.1. The SMILES string of the molecule is CC(=O)O[C@H]1C[C@](C)(O)[C@@]23OC(C)(C)[C@@H]([C@@H](OC(=O)c4ccoc4)[C@H](OC(=O)c4ccccc4)[C@]2(COC(=O)C(C)C)[C@H]1OC(C)=O)[C@H]3OC(C)=O. The molecule has 2 aliphatic carbocycles. The predicted octanol–water partition coefficient (Wildman–Crippen LogP) is 3.34. The second kappa shape index (κ2) is 14.0. The average Bonchev–Trinajstić information content (AvgIpc) is 3.65. The highest BCUT2D eigenvalue weighted by molar-refractivity contribution is 5.90. The van der Waals surface area contributed by atoms with E-state index < -0.39 is 113 Å². The van der Waals surface area contributed by atoms with Gasteiger partial charge in [0.25, 0.3) is 0 Å². The number of fused-ring (bicyclic) bond motifs is 1. The quantitative estimate of drug-likeness (QED) is 0.276. The van der Waals surface area contributed by atoms with Crippen LogP contribution in [0.15, 0.2) is 53.3 Å². The van der Waals surface area contributed by atoms with Crippen molar-refractivity contribution in [2.24, 2.45) is 17.3 Å². The molecule has 2 heterocycles. The Morgan fingerprint density at radius 1 is 0.788 bits per heavy atom. The Morgan fingerprint density at radius 3 is 1.94 bits per heavy atom. The van der Waals surface area contributed by atoms with Crippen LogP contribution in [-0.2, 0) is 52.3 Å². The molecule has 3 aliphatic rings. The van der Waals surface area contributed by atoms with Gasteiger partial charge in [0.2, 0.25) is 0 Å². The molecule has 0 unspecified atom stereocenters. The third kappa shape index (κ3) is 6.44. The van der Waals surface area contributed by atoms with E-state index in [9.17, 15) is 33.9 Å². The molecule has 3 fully saturated rings. The summed E-state index contributed by atoms with van der Waals surface area (Å²) < 4.78 is 48.3. The van der Waals surface area contributed by atoms with Crippen LogP contribution in [-0.4, -0.2) is 94.9 Å². The number of aliphatic hydroxyl groups is 1. The lowest BCUT2D eigenvalue weighted by molar-refractivity contribution is -0.363. The van der Waals surface area contributed by atoms with Crippen LogP contribution in [0.5, 0.6) is 0 Å². The van der Waals surface area contributed by atoms with E-state index in [4.69, 9.17) is 37.6 Å². The summed E-state index contributed by atoms with van der Waals surface area (Å²) >= 11 is 0. The number of furan rings is 1. The molecule has 1 aromatic carbocycles. The van der Waals surface area contributed by atoms with Gasteiger partial charge in [-0.1, -0.05) is 32.0 Å². The van der Waals surface area contributed by atoms with Crippen molar-refractivity contribution in [2.75, 3.05) is 6.61 Å². The van der Waals surface area contributed by atoms with E-state index in [1.54, 1.807) is 45.9 Å². The molecule has 15 heteroatoms. The van der Waals surface area contributed by atoms with E-state index in [-0.39, 0.29) is 11.1 Å². The molecule has 0 amide bonds. The standard InChI is InChI=1S/C37H44O15/c1-19(2)31(41)46-18-36-28(48-21(4)39)25(47-20(3)38)16-35(8,44)37(36)29(49-22(5)40)26(34(6,7)52-37)27(50-33(43)24-14-15-45-17-24)30(36)51-32(42)23-12-10-9-11-13-23/h9-15,17,19,25-30,44H,16,18H2,1-8H3/t25-,26-,27+,28-,29+,30-,35-,36-,37+/m0/s1. The normalized spacial score (nSPS) is 32.9. The van der Waals surface area contributed by atoms with Crippen molar-refractivity contribution in [2.45, 2.75) is 109 Å². The molecule has 1 aromatic heterocycles. The molecule has 15 nitrogen and oxygen atoms in total. The highest BCUT2D eigenvalue weighted by atomic mass is 16.7. The molecule has 2 aromatic rings. The summed E-state index contributed by atoms with van der Waals surface area (Å²) in [4.78, 5) is 80.1. The molecular formula is C37H44O15. The van der Waals surface area contributed by atoms with Crippen molar-refractivity contribution < 1.29 is 71.4 Å². The molecule has 0 radical (unpaired) electrons. The molecule has 1 N–H and O–H groups in total. The first-order valence-electron chi connectivity index (χ1n) is 16.9. The third-order valence-corrected chi connectivity index (χ3v) is 10.1. The lowest BCUT2D eigenvalue weighted by Crippen LogP contribution is -2.85.